The van der Waals surface area contributed by atoms with E-state index in [1.165, 1.54) is 13.2 Å². The molecule has 0 aliphatic rings. The zero-order chi connectivity index (χ0) is 15.9. The number of nitrogens with two attached hydrogens (primary N) is 1. The van der Waals surface area contributed by atoms with Gasteiger partial charge in [-0.2, -0.15) is 0 Å². The Hall–Kier alpha value is -2.22. The maximum Gasteiger partial charge on any atom is 0.179 e. The number of benzene rings is 1. The summed E-state index contributed by atoms with van der Waals surface area (Å²) in [6.45, 7) is 1.99. The molecule has 0 spiro atoms. The molecule has 0 radical (unpaired) electrons. The number of nitrogens with zero attached hydrogens (tertiary/aromatic N) is 4. The number of rotatable bonds is 3. The van der Waals surface area contributed by atoms with E-state index in [1.54, 1.807) is 23.6 Å². The molecule has 2 heterocycles. The lowest BCUT2D eigenvalue weighted by atomic mass is 10.2. The predicted octanol–water partition coefficient (Wildman–Crippen LogP) is 2.68. The smallest absolute Gasteiger partial charge is 0.179 e. The second-order valence-corrected chi connectivity index (χ2v) is 5.46. The predicted molar refractivity (Wildman–Crippen MR) is 84.2 cm³/mol. The van der Waals surface area contributed by atoms with Gasteiger partial charge in [0.25, 0.3) is 0 Å². The Balaban J connectivity index is 2.13. The van der Waals surface area contributed by atoms with Crippen molar-refractivity contribution in [3.63, 3.8) is 0 Å². The summed E-state index contributed by atoms with van der Waals surface area (Å²) in [6, 6.07) is 4.59. The van der Waals surface area contributed by atoms with Gasteiger partial charge in [0.2, 0.25) is 0 Å². The molecule has 114 valence electrons. The molecule has 0 saturated heterocycles. The summed E-state index contributed by atoms with van der Waals surface area (Å²) in [6.07, 6.45) is 0. The molecule has 0 fully saturated rings. The van der Waals surface area contributed by atoms with Crippen molar-refractivity contribution in [3.8, 4) is 5.75 Å². The minimum absolute atomic E-state index is 0.246. The Bertz CT molecular complexity index is 864. The minimum Gasteiger partial charge on any atom is -0.497 e. The monoisotopic (exact) mass is 365 g/mol. The van der Waals surface area contributed by atoms with E-state index in [4.69, 9.17) is 10.5 Å². The average molecular weight is 366 g/mol. The summed E-state index contributed by atoms with van der Waals surface area (Å²) in [4.78, 5) is 12.7. The molecule has 8 heteroatoms. The molecule has 2 aromatic heterocycles. The molecule has 3 rings (SSSR count). The van der Waals surface area contributed by atoms with Crippen LogP contribution in [-0.2, 0) is 6.54 Å². The summed E-state index contributed by atoms with van der Waals surface area (Å²) in [5, 5.41) is 0. The number of nitrogen functional groups attached to an aromatic ring is 1. The van der Waals surface area contributed by atoms with Crippen molar-refractivity contribution in [1.82, 2.24) is 19.5 Å². The van der Waals surface area contributed by atoms with Crippen LogP contribution >= 0.6 is 15.9 Å². The fraction of sp³-hybridized carbons (Fsp3) is 0.214. The van der Waals surface area contributed by atoms with Gasteiger partial charge in [0.1, 0.15) is 17.4 Å². The third-order valence-corrected chi connectivity index (χ3v) is 3.87. The average Bonchev–Trinajstić information content (AvgIpc) is 2.78. The van der Waals surface area contributed by atoms with Gasteiger partial charge >= 0.3 is 0 Å². The summed E-state index contributed by atoms with van der Waals surface area (Å²) in [5.74, 6) is 1.09. The van der Waals surface area contributed by atoms with E-state index in [-0.39, 0.29) is 12.4 Å². The lowest BCUT2D eigenvalue weighted by Crippen LogP contribution is -2.05. The van der Waals surface area contributed by atoms with Gasteiger partial charge in [0, 0.05) is 5.56 Å². The molecule has 0 aliphatic heterocycles. The van der Waals surface area contributed by atoms with Crippen LogP contribution in [0.15, 0.2) is 22.9 Å². The van der Waals surface area contributed by atoms with Crippen molar-refractivity contribution in [2.24, 2.45) is 0 Å². The molecule has 0 bridgehead atoms. The van der Waals surface area contributed by atoms with Crippen LogP contribution in [0.25, 0.3) is 11.2 Å². The second-order valence-electron chi connectivity index (χ2n) is 4.75. The van der Waals surface area contributed by atoms with E-state index >= 15 is 0 Å². The van der Waals surface area contributed by atoms with Crippen molar-refractivity contribution in [3.05, 3.63) is 40.1 Å². The summed E-state index contributed by atoms with van der Waals surface area (Å²) in [7, 11) is 1.54. The molecule has 1 aromatic carbocycles. The number of aryl methyl sites for hydroxylation is 1. The zero-order valence-corrected chi connectivity index (χ0v) is 13.6. The number of halogens is 2. The summed E-state index contributed by atoms with van der Waals surface area (Å²) < 4.78 is 21.4. The third kappa shape index (κ3) is 2.50. The van der Waals surface area contributed by atoms with Crippen LogP contribution in [0.2, 0.25) is 0 Å². The number of fused-ring (bicyclic) bond motifs is 1. The number of methoxy groups -OCH3 is 1. The third-order valence-electron chi connectivity index (χ3n) is 3.27. The van der Waals surface area contributed by atoms with Crippen LogP contribution in [0.4, 0.5) is 10.2 Å². The maximum atomic E-state index is 14.0. The van der Waals surface area contributed by atoms with E-state index in [0.29, 0.717) is 38.9 Å². The molecule has 3 aromatic rings. The first-order valence-corrected chi connectivity index (χ1v) is 7.27. The van der Waals surface area contributed by atoms with Crippen LogP contribution in [-0.4, -0.2) is 26.6 Å². The van der Waals surface area contributed by atoms with Gasteiger partial charge in [-0.05, 0) is 41.1 Å². The van der Waals surface area contributed by atoms with Crippen molar-refractivity contribution in [2.75, 3.05) is 12.8 Å². The Labute approximate surface area is 134 Å². The molecule has 22 heavy (non-hydrogen) atoms. The van der Waals surface area contributed by atoms with Crippen LogP contribution < -0.4 is 10.5 Å². The van der Waals surface area contributed by atoms with Crippen LogP contribution in [0.5, 0.6) is 5.75 Å². The Morgan fingerprint density at radius 1 is 1.32 bits per heavy atom. The topological polar surface area (TPSA) is 78.9 Å². The number of ether oxygens (including phenoxy) is 1. The molecule has 0 atom stereocenters. The normalized spacial score (nSPS) is 11.1. The largest absolute Gasteiger partial charge is 0.497 e. The molecule has 2 N–H and O–H groups in total. The molecular weight excluding hydrogens is 353 g/mol. The molecule has 0 saturated carbocycles. The van der Waals surface area contributed by atoms with E-state index in [9.17, 15) is 4.39 Å². The van der Waals surface area contributed by atoms with Crippen LogP contribution in [0.1, 0.15) is 11.4 Å². The Morgan fingerprint density at radius 3 is 2.82 bits per heavy atom. The van der Waals surface area contributed by atoms with Crippen LogP contribution in [0, 0.1) is 12.7 Å². The number of hydrogen-bond acceptors (Lipinski definition) is 5. The van der Waals surface area contributed by atoms with E-state index in [0.717, 1.165) is 0 Å². The quantitative estimate of drug-likeness (QED) is 0.721. The van der Waals surface area contributed by atoms with Crippen molar-refractivity contribution < 1.29 is 9.13 Å². The summed E-state index contributed by atoms with van der Waals surface area (Å²) >= 11 is 3.36. The molecule has 6 nitrogen and oxygen atoms in total. The van der Waals surface area contributed by atoms with Gasteiger partial charge in [-0.1, -0.05) is 0 Å². The first-order chi connectivity index (χ1) is 10.5. The highest BCUT2D eigenvalue weighted by Crippen LogP contribution is 2.25. The molecule has 0 aliphatic carbocycles. The maximum absolute atomic E-state index is 14.0. The SMILES string of the molecule is COc1ccc(F)c(Cn2c(Br)nc3c(N)nc(C)nc32)c1. The lowest BCUT2D eigenvalue weighted by molar-refractivity contribution is 0.412. The van der Waals surface area contributed by atoms with Gasteiger partial charge in [-0.3, -0.25) is 4.57 Å². The van der Waals surface area contributed by atoms with E-state index in [2.05, 4.69) is 30.9 Å². The standard InChI is InChI=1S/C14H13BrFN5O/c1-7-18-12(17)11-13(19-7)21(14(15)20-11)6-8-5-9(22-2)3-4-10(8)16/h3-5H,6H2,1-2H3,(H2,17,18,19). The molecule has 0 unspecified atom stereocenters. The number of hydrogen-bond donors (Lipinski definition) is 1. The van der Waals surface area contributed by atoms with Crippen molar-refractivity contribution >= 4 is 32.9 Å². The summed E-state index contributed by atoms with van der Waals surface area (Å²) in [5.41, 5.74) is 7.37. The first kappa shape index (κ1) is 14.7. The number of aromatic nitrogens is 4. The van der Waals surface area contributed by atoms with Crippen molar-refractivity contribution in [2.45, 2.75) is 13.5 Å². The van der Waals surface area contributed by atoms with Crippen molar-refractivity contribution in [1.29, 1.82) is 0 Å². The first-order valence-electron chi connectivity index (χ1n) is 6.48. The highest BCUT2D eigenvalue weighted by Gasteiger charge is 2.16. The Kier molecular flexibility index (Phi) is 3.69. The number of imidazole rings is 1. The zero-order valence-electron chi connectivity index (χ0n) is 12.0. The fourth-order valence-corrected chi connectivity index (χ4v) is 2.69. The van der Waals surface area contributed by atoms with Gasteiger partial charge in [0.05, 0.1) is 13.7 Å². The van der Waals surface area contributed by atoms with E-state index < -0.39 is 0 Å². The molecular formula is C14H13BrFN5O. The highest BCUT2D eigenvalue weighted by atomic mass is 79.9. The van der Waals surface area contributed by atoms with Gasteiger partial charge in [-0.15, -0.1) is 0 Å². The lowest BCUT2D eigenvalue weighted by Gasteiger charge is -2.09. The van der Waals surface area contributed by atoms with Gasteiger partial charge in [0.15, 0.2) is 21.7 Å². The van der Waals surface area contributed by atoms with Crippen LogP contribution in [0.3, 0.4) is 0 Å². The van der Waals surface area contributed by atoms with Gasteiger partial charge < -0.3 is 10.5 Å². The number of anilines is 1. The molecule has 0 amide bonds. The van der Waals surface area contributed by atoms with Gasteiger partial charge in [-0.25, -0.2) is 19.3 Å². The minimum atomic E-state index is -0.326. The highest BCUT2D eigenvalue weighted by molar-refractivity contribution is 9.10. The second kappa shape index (κ2) is 5.53. The fourth-order valence-electron chi connectivity index (χ4n) is 2.22. The Morgan fingerprint density at radius 2 is 2.09 bits per heavy atom. The van der Waals surface area contributed by atoms with E-state index in [1.807, 2.05) is 0 Å².